The molecule has 142 valence electrons. The summed E-state index contributed by atoms with van der Waals surface area (Å²) in [6.45, 7) is 2.84. The highest BCUT2D eigenvalue weighted by Crippen LogP contribution is 2.11. The van der Waals surface area contributed by atoms with E-state index in [2.05, 4.69) is 69.2 Å². The van der Waals surface area contributed by atoms with Crippen LogP contribution in [0.3, 0.4) is 0 Å². The lowest BCUT2D eigenvalue weighted by molar-refractivity contribution is -0.747. The molecule has 0 saturated heterocycles. The second-order valence-electron chi connectivity index (χ2n) is 5.07. The van der Waals surface area contributed by atoms with Crippen molar-refractivity contribution in [2.75, 3.05) is 6.54 Å². The maximum absolute atomic E-state index is 4.59. The fourth-order valence-corrected chi connectivity index (χ4v) is 2.03. The van der Waals surface area contributed by atoms with Crippen molar-refractivity contribution < 1.29 is 29.6 Å². The second-order valence-corrected chi connectivity index (χ2v) is 5.20. The molecule has 0 N–H and O–H groups in total. The molecule has 24 heavy (non-hydrogen) atoms. The van der Waals surface area contributed by atoms with Gasteiger partial charge in [0, 0.05) is 15.3 Å². The van der Waals surface area contributed by atoms with Gasteiger partial charge in [0.15, 0.2) is 0 Å². The fraction of sp³-hybridized carbons (Fsp3) is 1.00. The van der Waals surface area contributed by atoms with Crippen LogP contribution >= 0.6 is 11.9 Å². The quantitative estimate of drug-likeness (QED) is 0.122. The minimum Gasteiger partial charge on any atom is -0.167 e. The molecular weight excluding hydrogens is 344 g/mol. The van der Waals surface area contributed by atoms with Gasteiger partial charge in [0.2, 0.25) is 0 Å². The summed E-state index contributed by atoms with van der Waals surface area (Å²) in [7, 11) is 0. The average molecular weight is 371 g/mol. The topological polar surface area (TPSA) is 105 Å². The zero-order valence-corrected chi connectivity index (χ0v) is 14.9. The van der Waals surface area contributed by atoms with Gasteiger partial charge in [-0.25, -0.2) is 0 Å². The van der Waals surface area contributed by atoms with Gasteiger partial charge in [-0.1, -0.05) is 75.6 Å². The summed E-state index contributed by atoms with van der Waals surface area (Å²) >= 11 is 4.59. The van der Waals surface area contributed by atoms with Gasteiger partial charge in [-0.05, 0) is 21.7 Å². The Labute approximate surface area is 147 Å². The molecule has 0 aliphatic heterocycles. The molecule has 0 aliphatic carbocycles. The van der Waals surface area contributed by atoms with Crippen LogP contribution in [0.2, 0.25) is 0 Å². The molecule has 0 bridgehead atoms. The van der Waals surface area contributed by atoms with Crippen LogP contribution in [0.1, 0.15) is 77.6 Å². The largest absolute Gasteiger partial charge is 0.167 e. The van der Waals surface area contributed by atoms with Gasteiger partial charge < -0.3 is 0 Å². The van der Waals surface area contributed by atoms with Gasteiger partial charge in [0.25, 0.3) is 0 Å². The summed E-state index contributed by atoms with van der Waals surface area (Å²) in [4.78, 5) is 3.97. The fourth-order valence-electron chi connectivity index (χ4n) is 2.01. The number of nitrogens with zero attached hydrogens (tertiary/aromatic N) is 4. The zero-order chi connectivity index (χ0) is 17.6. The first-order valence-corrected chi connectivity index (χ1v) is 8.60. The minimum atomic E-state index is 0.595. The number of rotatable bonds is 19. The lowest BCUT2D eigenvalue weighted by Gasteiger charge is -2.01. The van der Waals surface area contributed by atoms with E-state index in [1.165, 1.54) is 57.8 Å². The Balaban J connectivity index is 3.12. The first-order chi connectivity index (χ1) is 11.9. The van der Waals surface area contributed by atoms with Crippen LogP contribution in [0.25, 0.3) is 0 Å². The highest BCUT2D eigenvalue weighted by atomic mass is 35.5. The Morgan fingerprint density at radius 2 is 1.25 bits per heavy atom. The number of unbranched alkanes of at least 4 members (excludes halogenated alkanes) is 10. The van der Waals surface area contributed by atoms with Gasteiger partial charge in [0.05, 0.1) is 11.8 Å². The van der Waals surface area contributed by atoms with Crippen LogP contribution in [0.15, 0.2) is 20.8 Å². The summed E-state index contributed by atoms with van der Waals surface area (Å²) in [6, 6.07) is 0. The van der Waals surface area contributed by atoms with Crippen molar-refractivity contribution in [3.8, 4) is 0 Å². The predicted octanol–water partition coefficient (Wildman–Crippen LogP) is 5.86. The van der Waals surface area contributed by atoms with Crippen molar-refractivity contribution in [3.05, 3.63) is 0 Å². The Kier molecular flexibility index (Phi) is 21.3. The monoisotopic (exact) mass is 370 g/mol. The van der Waals surface area contributed by atoms with Crippen molar-refractivity contribution in [2.45, 2.75) is 77.6 Å². The van der Waals surface area contributed by atoms with E-state index in [1.807, 2.05) is 0 Å². The molecule has 0 atom stereocenters. The average Bonchev–Trinajstić information content (AvgIpc) is 2.60. The van der Waals surface area contributed by atoms with E-state index in [4.69, 9.17) is 0 Å². The van der Waals surface area contributed by atoms with Crippen LogP contribution in [0.4, 0.5) is 0 Å². The van der Waals surface area contributed by atoms with E-state index in [9.17, 15) is 0 Å². The number of halogens is 1. The molecule has 0 aromatic carbocycles. The van der Waals surface area contributed by atoms with Crippen molar-refractivity contribution in [1.82, 2.24) is 0 Å². The third kappa shape index (κ3) is 21.1. The SMILES string of the molecule is CCCCCCCCCCCCCN=NN=NOOOOOOCl. The highest BCUT2D eigenvalue weighted by Gasteiger charge is 1.93. The van der Waals surface area contributed by atoms with Crippen molar-refractivity contribution in [1.29, 1.82) is 0 Å². The minimum absolute atomic E-state index is 0.595. The normalized spacial score (nSPS) is 11.8. The van der Waals surface area contributed by atoms with Crippen molar-refractivity contribution in [2.24, 2.45) is 20.8 Å². The van der Waals surface area contributed by atoms with Gasteiger partial charge in [-0.2, -0.15) is 10.1 Å². The van der Waals surface area contributed by atoms with E-state index in [-0.39, 0.29) is 0 Å². The molecule has 0 fully saturated rings. The second kappa shape index (κ2) is 22.1. The molecule has 0 aliphatic rings. The third-order valence-corrected chi connectivity index (χ3v) is 3.23. The molecule has 0 radical (unpaired) electrons. The molecule has 10 nitrogen and oxygen atoms in total. The van der Waals surface area contributed by atoms with Crippen LogP contribution in [0, 0.1) is 0 Å². The highest BCUT2D eigenvalue weighted by molar-refractivity contribution is 6.06. The van der Waals surface area contributed by atoms with E-state index >= 15 is 0 Å². The Morgan fingerprint density at radius 1 is 0.667 bits per heavy atom. The Morgan fingerprint density at radius 3 is 1.88 bits per heavy atom. The van der Waals surface area contributed by atoms with E-state index in [0.29, 0.717) is 6.54 Å². The Bertz CT molecular complexity index is 300. The zero-order valence-electron chi connectivity index (χ0n) is 14.1. The first kappa shape index (κ1) is 23.1. The van der Waals surface area contributed by atoms with Crippen LogP contribution in [0.5, 0.6) is 0 Å². The predicted molar refractivity (Wildman–Crippen MR) is 83.4 cm³/mol. The maximum Gasteiger partial charge on any atom is 0.103 e. The van der Waals surface area contributed by atoms with Gasteiger partial charge in [0.1, 0.15) is 11.9 Å². The van der Waals surface area contributed by atoms with Gasteiger partial charge in [-0.15, -0.1) is 0 Å². The Hall–Kier alpha value is -0.910. The summed E-state index contributed by atoms with van der Waals surface area (Å²) < 4.78 is 3.48. The molecule has 0 saturated carbocycles. The van der Waals surface area contributed by atoms with E-state index < -0.39 is 0 Å². The molecule has 11 heteroatoms. The molecule has 0 unspecified atom stereocenters. The summed E-state index contributed by atoms with van der Waals surface area (Å²) in [5.74, 6) is 0. The lowest BCUT2D eigenvalue weighted by Crippen LogP contribution is -1.94. The molecule has 0 heterocycles. The third-order valence-electron chi connectivity index (χ3n) is 3.17. The molecule has 0 aromatic rings. The van der Waals surface area contributed by atoms with Gasteiger partial charge >= 0.3 is 0 Å². The van der Waals surface area contributed by atoms with E-state index in [0.717, 1.165) is 12.8 Å². The van der Waals surface area contributed by atoms with Crippen LogP contribution in [-0.2, 0) is 29.6 Å². The molecule has 0 spiro atoms. The standard InChI is InChI=1S/C13H27ClN4O6/c1-2-3-4-5-6-7-8-9-10-11-12-13-15-16-17-18-20-22-24-23-21-19-14/h2-13H2,1H3. The molecule has 0 aromatic heterocycles. The van der Waals surface area contributed by atoms with Crippen LogP contribution < -0.4 is 0 Å². The van der Waals surface area contributed by atoms with Crippen molar-refractivity contribution in [3.63, 3.8) is 0 Å². The molecule has 0 amide bonds. The maximum atomic E-state index is 4.59. The summed E-state index contributed by atoms with van der Waals surface area (Å²) in [5, 5.41) is 28.1. The molecule has 0 rings (SSSR count). The summed E-state index contributed by atoms with van der Waals surface area (Å²) in [6.07, 6.45) is 14.1. The first-order valence-electron chi connectivity index (χ1n) is 8.29. The van der Waals surface area contributed by atoms with Crippen LogP contribution in [-0.4, -0.2) is 6.54 Å². The van der Waals surface area contributed by atoms with Gasteiger partial charge in [-0.3, -0.25) is 0 Å². The number of hydrogen-bond donors (Lipinski definition) is 0. The number of hydrogen-bond acceptors (Lipinski definition) is 8. The van der Waals surface area contributed by atoms with Crippen molar-refractivity contribution >= 4 is 11.9 Å². The smallest absolute Gasteiger partial charge is 0.103 e. The summed E-state index contributed by atoms with van der Waals surface area (Å²) in [5.41, 5.74) is 0. The van der Waals surface area contributed by atoms with E-state index in [1.54, 1.807) is 0 Å². The molecular formula is C13H27ClN4O6. The lowest BCUT2D eigenvalue weighted by atomic mass is 10.1.